The number of hydrogen-bond acceptors (Lipinski definition) is 7. The predicted molar refractivity (Wildman–Crippen MR) is 123 cm³/mol. The molecule has 0 fully saturated rings. The number of carbonyl (C=O) groups is 1. The summed E-state index contributed by atoms with van der Waals surface area (Å²) in [6.45, 7) is 14.2. The number of rotatable bonds is 8. The van der Waals surface area contributed by atoms with E-state index in [1.807, 2.05) is 42.7 Å². The van der Waals surface area contributed by atoms with Crippen molar-refractivity contribution in [3.63, 3.8) is 0 Å². The third kappa shape index (κ3) is 9.50. The van der Waals surface area contributed by atoms with E-state index < -0.39 is 5.97 Å². The van der Waals surface area contributed by atoms with Crippen LogP contribution in [-0.4, -0.2) is 44.8 Å². The van der Waals surface area contributed by atoms with Gasteiger partial charge in [-0.2, -0.15) is 9.97 Å². The summed E-state index contributed by atoms with van der Waals surface area (Å²) in [7, 11) is 1.66. The van der Waals surface area contributed by atoms with E-state index in [9.17, 15) is 0 Å². The first kappa shape index (κ1) is 25.9. The van der Waals surface area contributed by atoms with Crippen LogP contribution in [-0.2, 0) is 11.3 Å². The summed E-state index contributed by atoms with van der Waals surface area (Å²) in [5.41, 5.74) is 1.80. The fraction of sp³-hybridized carbons (Fsp3) is 0.545. The molecule has 0 aliphatic rings. The molecule has 9 heteroatoms. The van der Waals surface area contributed by atoms with Gasteiger partial charge in [-0.1, -0.05) is 12.1 Å². The molecule has 0 spiro atoms. The van der Waals surface area contributed by atoms with Crippen LogP contribution in [0.2, 0.25) is 0 Å². The van der Waals surface area contributed by atoms with Crippen LogP contribution in [0.5, 0.6) is 5.75 Å². The van der Waals surface area contributed by atoms with Gasteiger partial charge in [0, 0.05) is 31.6 Å². The Morgan fingerprint density at radius 3 is 2.16 bits per heavy atom. The highest BCUT2D eigenvalue weighted by atomic mass is 16.5. The van der Waals surface area contributed by atoms with E-state index in [0.717, 1.165) is 24.2 Å². The van der Waals surface area contributed by atoms with E-state index in [0.29, 0.717) is 18.1 Å². The number of anilines is 2. The van der Waals surface area contributed by atoms with E-state index in [1.165, 1.54) is 0 Å². The summed E-state index contributed by atoms with van der Waals surface area (Å²) in [5.74, 6) is 1.34. The van der Waals surface area contributed by atoms with E-state index in [2.05, 4.69) is 43.3 Å². The molecule has 1 aromatic carbocycles. The Morgan fingerprint density at radius 1 is 1.13 bits per heavy atom. The average molecular weight is 433 g/mol. The van der Waals surface area contributed by atoms with Crippen LogP contribution in [0.4, 0.5) is 11.9 Å². The van der Waals surface area contributed by atoms with Crippen molar-refractivity contribution in [1.82, 2.24) is 14.5 Å². The van der Waals surface area contributed by atoms with Crippen LogP contribution >= 0.6 is 0 Å². The topological polar surface area (TPSA) is 114 Å². The largest absolute Gasteiger partial charge is 0.497 e. The molecule has 0 aliphatic heterocycles. The van der Waals surface area contributed by atoms with Crippen molar-refractivity contribution in [3.8, 4) is 5.75 Å². The second kappa shape index (κ2) is 12.6. The number of benzene rings is 1. The Kier molecular flexibility index (Phi) is 10.5. The van der Waals surface area contributed by atoms with Gasteiger partial charge >= 0.3 is 0 Å². The summed E-state index contributed by atoms with van der Waals surface area (Å²) in [6, 6.07) is 8.53. The molecule has 172 valence electrons. The summed E-state index contributed by atoms with van der Waals surface area (Å²) in [4.78, 5) is 23.1. The second-order valence-electron chi connectivity index (χ2n) is 7.88. The maximum absolute atomic E-state index is 9.00. The first-order valence-corrected chi connectivity index (χ1v) is 10.4. The number of carboxylic acids is 1. The molecular formula is C22H36N6O3. The highest BCUT2D eigenvalue weighted by molar-refractivity contribution is 5.62. The van der Waals surface area contributed by atoms with Gasteiger partial charge in [-0.05, 0) is 59.2 Å². The average Bonchev–Trinajstić information content (AvgIpc) is 2.65. The Labute approximate surface area is 184 Å². The van der Waals surface area contributed by atoms with Gasteiger partial charge in [0.25, 0.3) is 5.97 Å². The van der Waals surface area contributed by atoms with E-state index in [1.54, 1.807) is 7.11 Å². The molecule has 9 nitrogen and oxygen atoms in total. The summed E-state index contributed by atoms with van der Waals surface area (Å²) < 4.78 is 7.24. The van der Waals surface area contributed by atoms with Gasteiger partial charge < -0.3 is 20.5 Å². The minimum absolute atomic E-state index is 0.145. The molecule has 0 atom stereocenters. The zero-order valence-electron chi connectivity index (χ0n) is 19.8. The van der Waals surface area contributed by atoms with Crippen LogP contribution in [0, 0.1) is 0 Å². The standard InChI is InChI=1S/C20H32N6O.C2H4O2/c1-13(2)22-19-24-18(21-12-16-8-10-17(27-7)11-9-16)25-20(23-14(3)4)26(19)15(5)6;1-2(3)4/h8-11,13-15H,12H2,1-7H3,(H2,21,22,23,24,25);1H3,(H,3,4). The Morgan fingerprint density at radius 2 is 1.71 bits per heavy atom. The van der Waals surface area contributed by atoms with Crippen LogP contribution < -0.4 is 21.0 Å². The molecule has 0 saturated heterocycles. The number of carboxylic acid groups (broad SMARTS) is 1. The minimum atomic E-state index is -0.833. The zero-order chi connectivity index (χ0) is 23.6. The highest BCUT2D eigenvalue weighted by Gasteiger charge is 2.13. The van der Waals surface area contributed by atoms with E-state index in [4.69, 9.17) is 24.6 Å². The number of methoxy groups -OCH3 is 1. The molecule has 0 bridgehead atoms. The van der Waals surface area contributed by atoms with Crippen molar-refractivity contribution in [2.45, 2.75) is 73.1 Å². The van der Waals surface area contributed by atoms with E-state index in [-0.39, 0.29) is 18.1 Å². The fourth-order valence-electron chi connectivity index (χ4n) is 2.58. The van der Waals surface area contributed by atoms with Crippen molar-refractivity contribution >= 4 is 17.9 Å². The highest BCUT2D eigenvalue weighted by Crippen LogP contribution is 2.14. The predicted octanol–water partition coefficient (Wildman–Crippen LogP) is 3.70. The van der Waals surface area contributed by atoms with Crippen LogP contribution in [0.25, 0.3) is 0 Å². The van der Waals surface area contributed by atoms with Gasteiger partial charge in [0.2, 0.25) is 17.5 Å². The number of aliphatic carboxylic acids is 1. The molecule has 2 aromatic rings. The number of nitrogens with one attached hydrogen (secondary N) is 2. The molecule has 3 N–H and O–H groups in total. The van der Waals surface area contributed by atoms with Gasteiger partial charge in [-0.15, -0.1) is 0 Å². The van der Waals surface area contributed by atoms with Gasteiger partial charge in [0.05, 0.1) is 7.11 Å². The molecule has 1 aromatic heterocycles. The number of hydrogen-bond donors (Lipinski definition) is 3. The van der Waals surface area contributed by atoms with Crippen molar-refractivity contribution in [3.05, 3.63) is 35.4 Å². The van der Waals surface area contributed by atoms with Gasteiger partial charge in [0.1, 0.15) is 5.75 Å². The lowest BCUT2D eigenvalue weighted by Crippen LogP contribution is -2.33. The molecule has 2 rings (SSSR count). The zero-order valence-corrected chi connectivity index (χ0v) is 19.8. The minimum Gasteiger partial charge on any atom is -0.497 e. The third-order valence-corrected chi connectivity index (χ3v) is 3.78. The summed E-state index contributed by atoms with van der Waals surface area (Å²) in [5, 5.41) is 14.1. The smallest absolute Gasteiger partial charge is 0.300 e. The molecule has 0 unspecified atom stereocenters. The van der Waals surface area contributed by atoms with Crippen LogP contribution in [0.1, 0.15) is 60.1 Å². The quantitative estimate of drug-likeness (QED) is 0.583. The normalized spacial score (nSPS) is 11.4. The molecular weight excluding hydrogens is 396 g/mol. The third-order valence-electron chi connectivity index (χ3n) is 3.78. The second-order valence-corrected chi connectivity index (χ2v) is 7.88. The molecule has 0 saturated carbocycles. The molecule has 0 aliphatic carbocycles. The van der Waals surface area contributed by atoms with Crippen LogP contribution in [0.15, 0.2) is 29.3 Å². The first-order chi connectivity index (χ1) is 14.5. The summed E-state index contributed by atoms with van der Waals surface area (Å²) in [6.07, 6.45) is 0. The lowest BCUT2D eigenvalue weighted by Gasteiger charge is -2.20. The van der Waals surface area contributed by atoms with Gasteiger partial charge in [-0.3, -0.25) is 9.36 Å². The number of nitrogens with zero attached hydrogens (tertiary/aromatic N) is 4. The van der Waals surface area contributed by atoms with Crippen LogP contribution in [0.3, 0.4) is 0 Å². The fourth-order valence-corrected chi connectivity index (χ4v) is 2.58. The number of aromatic nitrogens is 3. The lowest BCUT2D eigenvalue weighted by atomic mass is 10.2. The monoisotopic (exact) mass is 432 g/mol. The molecule has 0 radical (unpaired) electrons. The van der Waals surface area contributed by atoms with Crippen molar-refractivity contribution in [2.75, 3.05) is 17.7 Å². The molecule has 1 heterocycles. The lowest BCUT2D eigenvalue weighted by molar-refractivity contribution is -0.134. The SMILES string of the molecule is CC(=O)O.COc1ccc(CNc2nc(NC(C)C)n(C(C)C)c(=NC(C)C)n2)cc1. The maximum Gasteiger partial charge on any atom is 0.300 e. The molecule has 31 heavy (non-hydrogen) atoms. The first-order valence-electron chi connectivity index (χ1n) is 10.4. The number of ether oxygens (including phenoxy) is 1. The van der Waals surface area contributed by atoms with Crippen molar-refractivity contribution < 1.29 is 14.6 Å². The van der Waals surface area contributed by atoms with Crippen molar-refractivity contribution in [2.24, 2.45) is 4.99 Å². The van der Waals surface area contributed by atoms with Gasteiger partial charge in [-0.25, -0.2) is 4.99 Å². The Bertz CT molecular complexity index is 885. The maximum atomic E-state index is 9.00. The van der Waals surface area contributed by atoms with Crippen molar-refractivity contribution in [1.29, 1.82) is 0 Å². The summed E-state index contributed by atoms with van der Waals surface area (Å²) >= 11 is 0. The van der Waals surface area contributed by atoms with Gasteiger partial charge in [0.15, 0.2) is 0 Å². The van der Waals surface area contributed by atoms with E-state index >= 15 is 0 Å². The Hall–Kier alpha value is -3.10. The molecule has 0 amide bonds. The Balaban J connectivity index is 0.00000110.